The van der Waals surface area contributed by atoms with Gasteiger partial charge in [-0.2, -0.15) is 5.26 Å². The van der Waals surface area contributed by atoms with Gasteiger partial charge < -0.3 is 15.6 Å². The standard InChI is InChI=1S/C14H17N5OS/c1-3-10(20)13-12(16)9(8-15)14(21-13)18-5-4-11-17-6-7-19(11)2/h6-7,18H,3-5,16H2,1-2H3. The molecule has 0 bridgehead atoms. The molecular formula is C14H17N5OS. The third-order valence-corrected chi connectivity index (χ3v) is 4.39. The van der Waals surface area contributed by atoms with E-state index in [1.807, 2.05) is 17.8 Å². The van der Waals surface area contributed by atoms with Crippen molar-refractivity contribution in [3.8, 4) is 6.07 Å². The number of imidazole rings is 1. The van der Waals surface area contributed by atoms with Crippen LogP contribution in [-0.4, -0.2) is 21.9 Å². The van der Waals surface area contributed by atoms with Gasteiger partial charge in [0, 0.05) is 38.8 Å². The maximum atomic E-state index is 11.8. The van der Waals surface area contributed by atoms with Crippen LogP contribution in [0.25, 0.3) is 0 Å². The van der Waals surface area contributed by atoms with Gasteiger partial charge in [-0.05, 0) is 0 Å². The Hall–Kier alpha value is -2.33. The molecule has 0 aliphatic heterocycles. The van der Waals surface area contributed by atoms with Gasteiger partial charge in [-0.15, -0.1) is 11.3 Å². The first-order valence-corrected chi connectivity index (χ1v) is 7.45. The second kappa shape index (κ2) is 6.41. The van der Waals surface area contributed by atoms with Gasteiger partial charge >= 0.3 is 0 Å². The molecule has 110 valence electrons. The SMILES string of the molecule is CCC(=O)c1sc(NCCc2nccn2C)c(C#N)c1N. The average molecular weight is 303 g/mol. The molecule has 6 nitrogen and oxygen atoms in total. The number of anilines is 2. The number of carbonyl (C=O) groups excluding carboxylic acids is 1. The Bertz CT molecular complexity index is 695. The van der Waals surface area contributed by atoms with Crippen LogP contribution in [0.1, 0.15) is 34.4 Å². The molecule has 0 spiro atoms. The van der Waals surface area contributed by atoms with Crippen molar-refractivity contribution < 1.29 is 4.79 Å². The zero-order valence-electron chi connectivity index (χ0n) is 12.0. The van der Waals surface area contributed by atoms with Crippen molar-refractivity contribution in [2.75, 3.05) is 17.6 Å². The van der Waals surface area contributed by atoms with Crippen LogP contribution >= 0.6 is 11.3 Å². The van der Waals surface area contributed by atoms with E-state index in [0.717, 1.165) is 12.2 Å². The molecule has 0 aromatic carbocycles. The van der Waals surface area contributed by atoms with Crippen molar-refractivity contribution in [1.29, 1.82) is 5.26 Å². The molecule has 0 saturated heterocycles. The van der Waals surface area contributed by atoms with Crippen molar-refractivity contribution in [2.24, 2.45) is 7.05 Å². The fourth-order valence-electron chi connectivity index (χ4n) is 1.97. The second-order valence-corrected chi connectivity index (χ2v) is 5.59. The first-order chi connectivity index (χ1) is 10.1. The van der Waals surface area contributed by atoms with E-state index in [0.29, 0.717) is 28.4 Å². The van der Waals surface area contributed by atoms with Gasteiger partial charge in [-0.1, -0.05) is 6.92 Å². The minimum Gasteiger partial charge on any atom is -0.396 e. The number of nitrogen functional groups attached to an aromatic ring is 1. The summed E-state index contributed by atoms with van der Waals surface area (Å²) < 4.78 is 1.95. The first-order valence-electron chi connectivity index (χ1n) is 6.64. The summed E-state index contributed by atoms with van der Waals surface area (Å²) in [5, 5.41) is 13.0. The van der Waals surface area contributed by atoms with Gasteiger partial charge in [0.15, 0.2) is 5.78 Å². The van der Waals surface area contributed by atoms with Gasteiger partial charge in [-0.3, -0.25) is 4.79 Å². The molecule has 0 amide bonds. The number of aryl methyl sites for hydroxylation is 1. The molecule has 2 rings (SSSR count). The van der Waals surface area contributed by atoms with Crippen molar-refractivity contribution in [3.05, 3.63) is 28.7 Å². The number of nitrogens with two attached hydrogens (primary N) is 1. The summed E-state index contributed by atoms with van der Waals surface area (Å²) >= 11 is 1.25. The Morgan fingerprint density at radius 2 is 2.38 bits per heavy atom. The van der Waals surface area contributed by atoms with Gasteiger partial charge in [0.25, 0.3) is 0 Å². The number of aromatic nitrogens is 2. The molecule has 0 radical (unpaired) electrons. The summed E-state index contributed by atoms with van der Waals surface area (Å²) in [6.07, 6.45) is 4.74. The van der Waals surface area contributed by atoms with Crippen LogP contribution in [0.5, 0.6) is 0 Å². The van der Waals surface area contributed by atoms with Crippen LogP contribution in [0.4, 0.5) is 10.7 Å². The summed E-state index contributed by atoms with van der Waals surface area (Å²) in [6.45, 7) is 2.40. The molecule has 2 aromatic heterocycles. The lowest BCUT2D eigenvalue weighted by molar-refractivity contribution is 0.0993. The highest BCUT2D eigenvalue weighted by Crippen LogP contribution is 2.35. The first kappa shape index (κ1) is 15.1. The Morgan fingerprint density at radius 1 is 1.62 bits per heavy atom. The molecular weight excluding hydrogens is 286 g/mol. The van der Waals surface area contributed by atoms with Crippen LogP contribution in [-0.2, 0) is 13.5 Å². The number of carbonyl (C=O) groups is 1. The molecule has 0 atom stereocenters. The van der Waals surface area contributed by atoms with E-state index in [9.17, 15) is 10.1 Å². The van der Waals surface area contributed by atoms with Crippen molar-refractivity contribution in [3.63, 3.8) is 0 Å². The lowest BCUT2D eigenvalue weighted by Crippen LogP contribution is -2.08. The summed E-state index contributed by atoms with van der Waals surface area (Å²) in [6, 6.07) is 2.07. The normalized spacial score (nSPS) is 10.3. The highest BCUT2D eigenvalue weighted by molar-refractivity contribution is 7.19. The minimum atomic E-state index is -0.0360. The van der Waals surface area contributed by atoms with E-state index >= 15 is 0 Å². The number of ketones is 1. The number of Topliss-reactive ketones (excluding diaryl/α,β-unsaturated/α-hetero) is 1. The van der Waals surface area contributed by atoms with E-state index in [1.165, 1.54) is 11.3 Å². The smallest absolute Gasteiger partial charge is 0.174 e. The maximum absolute atomic E-state index is 11.8. The third-order valence-electron chi connectivity index (χ3n) is 3.19. The van der Waals surface area contributed by atoms with E-state index in [-0.39, 0.29) is 11.5 Å². The van der Waals surface area contributed by atoms with Crippen molar-refractivity contribution in [1.82, 2.24) is 9.55 Å². The molecule has 2 aromatic rings. The topological polar surface area (TPSA) is 96.7 Å². The molecule has 7 heteroatoms. The predicted octanol–water partition coefficient (Wildman–Crippen LogP) is 2.18. The van der Waals surface area contributed by atoms with E-state index in [1.54, 1.807) is 13.1 Å². The number of thiophene rings is 1. The summed E-state index contributed by atoms with van der Waals surface area (Å²) in [7, 11) is 1.93. The zero-order valence-corrected chi connectivity index (χ0v) is 12.8. The average Bonchev–Trinajstić information content (AvgIpc) is 3.02. The van der Waals surface area contributed by atoms with Gasteiger partial charge in [-0.25, -0.2) is 4.98 Å². The second-order valence-electron chi connectivity index (χ2n) is 4.57. The molecule has 2 heterocycles. The molecule has 3 N–H and O–H groups in total. The molecule has 0 aliphatic carbocycles. The Kier molecular flexibility index (Phi) is 4.60. The Balaban J connectivity index is 2.11. The number of hydrogen-bond acceptors (Lipinski definition) is 6. The summed E-state index contributed by atoms with van der Waals surface area (Å²) in [4.78, 5) is 16.5. The van der Waals surface area contributed by atoms with Crippen molar-refractivity contribution >= 4 is 27.8 Å². The largest absolute Gasteiger partial charge is 0.396 e. The summed E-state index contributed by atoms with van der Waals surface area (Å²) in [5.41, 5.74) is 6.54. The monoisotopic (exact) mass is 303 g/mol. The van der Waals surface area contributed by atoms with Crippen LogP contribution in [0.15, 0.2) is 12.4 Å². The van der Waals surface area contributed by atoms with Crippen LogP contribution < -0.4 is 11.1 Å². The van der Waals surface area contributed by atoms with E-state index in [2.05, 4.69) is 16.4 Å². The highest BCUT2D eigenvalue weighted by Gasteiger charge is 2.19. The molecule has 0 fully saturated rings. The third kappa shape index (κ3) is 3.06. The number of hydrogen-bond donors (Lipinski definition) is 2. The number of nitrogens with zero attached hydrogens (tertiary/aromatic N) is 3. The lowest BCUT2D eigenvalue weighted by atomic mass is 10.2. The fraction of sp³-hybridized carbons (Fsp3) is 0.357. The van der Waals surface area contributed by atoms with Gasteiger partial charge in [0.2, 0.25) is 0 Å². The van der Waals surface area contributed by atoms with Crippen LogP contribution in [0.3, 0.4) is 0 Å². The number of nitrogens with one attached hydrogen (secondary N) is 1. The fourth-order valence-corrected chi connectivity index (χ4v) is 3.08. The summed E-state index contributed by atoms with van der Waals surface area (Å²) in [5.74, 6) is 0.918. The zero-order chi connectivity index (χ0) is 15.4. The number of nitriles is 1. The van der Waals surface area contributed by atoms with Gasteiger partial charge in [0.05, 0.1) is 10.6 Å². The van der Waals surface area contributed by atoms with Crippen LogP contribution in [0, 0.1) is 11.3 Å². The Labute approximate surface area is 127 Å². The molecule has 0 saturated carbocycles. The van der Waals surface area contributed by atoms with E-state index in [4.69, 9.17) is 5.73 Å². The highest BCUT2D eigenvalue weighted by atomic mass is 32.1. The number of rotatable bonds is 6. The van der Waals surface area contributed by atoms with Crippen molar-refractivity contribution in [2.45, 2.75) is 19.8 Å². The molecule has 0 aliphatic rings. The lowest BCUT2D eigenvalue weighted by Gasteiger charge is -2.04. The van der Waals surface area contributed by atoms with Gasteiger partial charge in [0.1, 0.15) is 22.5 Å². The van der Waals surface area contributed by atoms with Crippen LogP contribution in [0.2, 0.25) is 0 Å². The minimum absolute atomic E-state index is 0.0360. The molecule has 21 heavy (non-hydrogen) atoms. The molecule has 0 unspecified atom stereocenters. The predicted molar refractivity (Wildman–Crippen MR) is 83.5 cm³/mol. The maximum Gasteiger partial charge on any atom is 0.174 e. The quantitative estimate of drug-likeness (QED) is 0.797. The van der Waals surface area contributed by atoms with E-state index < -0.39 is 0 Å². The Morgan fingerprint density at radius 3 is 2.95 bits per heavy atom.